The predicted molar refractivity (Wildman–Crippen MR) is 81.1 cm³/mol. The summed E-state index contributed by atoms with van der Waals surface area (Å²) in [7, 11) is 0. The van der Waals surface area contributed by atoms with E-state index in [4.69, 9.17) is 4.74 Å². The van der Waals surface area contributed by atoms with Crippen LogP contribution < -0.4 is 4.74 Å². The zero-order valence-corrected chi connectivity index (χ0v) is 11.3. The number of esters is 1. The third-order valence-electron chi connectivity index (χ3n) is 3.07. The molecule has 0 fully saturated rings. The molecule has 1 aromatic heterocycles. The standard InChI is InChI=1S/C18H13NO2/c20-18(21-17-6-2-1-3-7-17)15-10-8-14(9-11-15)16-5-4-12-19-13-16/h1-13H. The van der Waals surface area contributed by atoms with Crippen molar-refractivity contribution in [2.75, 3.05) is 0 Å². The molecule has 0 N–H and O–H groups in total. The molecule has 3 rings (SSSR count). The molecule has 3 heteroatoms. The van der Waals surface area contributed by atoms with E-state index in [-0.39, 0.29) is 5.97 Å². The molecule has 0 unspecified atom stereocenters. The van der Waals surface area contributed by atoms with E-state index >= 15 is 0 Å². The molecule has 0 aliphatic rings. The van der Waals surface area contributed by atoms with Gasteiger partial charge in [-0.15, -0.1) is 0 Å². The van der Waals surface area contributed by atoms with Gasteiger partial charge in [-0.1, -0.05) is 36.4 Å². The van der Waals surface area contributed by atoms with Crippen molar-refractivity contribution in [3.8, 4) is 16.9 Å². The zero-order chi connectivity index (χ0) is 14.5. The van der Waals surface area contributed by atoms with Crippen molar-refractivity contribution in [2.24, 2.45) is 0 Å². The first-order valence-corrected chi connectivity index (χ1v) is 6.60. The number of para-hydroxylation sites is 1. The summed E-state index contributed by atoms with van der Waals surface area (Å²) in [6, 6.07) is 20.2. The second kappa shape index (κ2) is 6.01. The summed E-state index contributed by atoms with van der Waals surface area (Å²) in [5.74, 6) is 0.178. The Morgan fingerprint density at radius 2 is 1.57 bits per heavy atom. The van der Waals surface area contributed by atoms with Crippen LogP contribution in [-0.2, 0) is 0 Å². The highest BCUT2D eigenvalue weighted by Gasteiger charge is 2.08. The lowest BCUT2D eigenvalue weighted by molar-refractivity contribution is 0.0735. The van der Waals surface area contributed by atoms with E-state index in [2.05, 4.69) is 4.98 Å². The first-order valence-electron chi connectivity index (χ1n) is 6.60. The number of hydrogen-bond acceptors (Lipinski definition) is 3. The first kappa shape index (κ1) is 13.1. The molecule has 102 valence electrons. The largest absolute Gasteiger partial charge is 0.423 e. The lowest BCUT2D eigenvalue weighted by atomic mass is 10.1. The SMILES string of the molecule is O=C(Oc1ccccc1)c1ccc(-c2cccnc2)cc1. The Morgan fingerprint density at radius 1 is 0.810 bits per heavy atom. The van der Waals surface area contributed by atoms with Crippen LogP contribution in [0.4, 0.5) is 0 Å². The summed E-state index contributed by atoms with van der Waals surface area (Å²) in [5, 5.41) is 0. The van der Waals surface area contributed by atoms with Gasteiger partial charge in [-0.05, 0) is 41.5 Å². The fourth-order valence-electron chi connectivity index (χ4n) is 1.99. The number of pyridine rings is 1. The summed E-state index contributed by atoms with van der Waals surface area (Å²) in [4.78, 5) is 16.1. The van der Waals surface area contributed by atoms with Gasteiger partial charge in [0, 0.05) is 12.4 Å². The van der Waals surface area contributed by atoms with E-state index in [1.165, 1.54) is 0 Å². The normalized spacial score (nSPS) is 10.1. The minimum Gasteiger partial charge on any atom is -0.423 e. The number of aromatic nitrogens is 1. The van der Waals surface area contributed by atoms with Crippen molar-refractivity contribution in [2.45, 2.75) is 0 Å². The molecule has 0 saturated carbocycles. The molecule has 3 aromatic rings. The number of rotatable bonds is 3. The number of nitrogens with zero attached hydrogens (tertiary/aromatic N) is 1. The van der Waals surface area contributed by atoms with Crippen molar-refractivity contribution in [1.29, 1.82) is 0 Å². The molecular formula is C18H13NO2. The maximum atomic E-state index is 12.0. The lowest BCUT2D eigenvalue weighted by Gasteiger charge is -2.05. The Kier molecular flexibility index (Phi) is 3.74. The Bertz CT molecular complexity index is 722. The molecule has 0 aliphatic heterocycles. The van der Waals surface area contributed by atoms with Crippen LogP contribution in [0.1, 0.15) is 10.4 Å². The third kappa shape index (κ3) is 3.15. The zero-order valence-electron chi connectivity index (χ0n) is 11.3. The van der Waals surface area contributed by atoms with E-state index in [1.54, 1.807) is 36.7 Å². The van der Waals surface area contributed by atoms with Crippen LogP contribution in [0.2, 0.25) is 0 Å². The number of benzene rings is 2. The number of carbonyl (C=O) groups is 1. The van der Waals surface area contributed by atoms with Crippen LogP contribution in [0.25, 0.3) is 11.1 Å². The van der Waals surface area contributed by atoms with Crippen molar-refractivity contribution in [1.82, 2.24) is 4.98 Å². The maximum absolute atomic E-state index is 12.0. The average Bonchev–Trinajstić information content (AvgIpc) is 2.57. The van der Waals surface area contributed by atoms with E-state index in [9.17, 15) is 4.79 Å². The van der Waals surface area contributed by atoms with Crippen LogP contribution in [0.15, 0.2) is 79.1 Å². The van der Waals surface area contributed by atoms with Crippen molar-refractivity contribution >= 4 is 5.97 Å². The van der Waals surface area contributed by atoms with Crippen molar-refractivity contribution in [3.63, 3.8) is 0 Å². The fourth-order valence-corrected chi connectivity index (χ4v) is 1.99. The smallest absolute Gasteiger partial charge is 0.343 e. The highest BCUT2D eigenvalue weighted by Crippen LogP contribution is 2.19. The van der Waals surface area contributed by atoms with E-state index < -0.39 is 0 Å². The van der Waals surface area contributed by atoms with Crippen LogP contribution in [0.5, 0.6) is 5.75 Å². The molecule has 1 heterocycles. The second-order valence-electron chi connectivity index (χ2n) is 4.52. The summed E-state index contributed by atoms with van der Waals surface area (Å²) < 4.78 is 5.29. The number of carbonyl (C=O) groups excluding carboxylic acids is 1. The summed E-state index contributed by atoms with van der Waals surface area (Å²) in [6.45, 7) is 0. The van der Waals surface area contributed by atoms with Gasteiger partial charge in [-0.2, -0.15) is 0 Å². The van der Waals surface area contributed by atoms with E-state index in [1.807, 2.05) is 42.5 Å². The predicted octanol–water partition coefficient (Wildman–Crippen LogP) is 3.97. The maximum Gasteiger partial charge on any atom is 0.343 e. The minimum atomic E-state index is -0.362. The topological polar surface area (TPSA) is 39.2 Å². The fraction of sp³-hybridized carbons (Fsp3) is 0. The van der Waals surface area contributed by atoms with Crippen LogP contribution in [-0.4, -0.2) is 11.0 Å². The molecular weight excluding hydrogens is 262 g/mol. The van der Waals surface area contributed by atoms with E-state index in [0.717, 1.165) is 11.1 Å². The summed E-state index contributed by atoms with van der Waals surface area (Å²) >= 11 is 0. The molecule has 0 radical (unpaired) electrons. The molecule has 0 aliphatic carbocycles. The van der Waals surface area contributed by atoms with Gasteiger partial charge in [0.1, 0.15) is 5.75 Å². The highest BCUT2D eigenvalue weighted by molar-refractivity contribution is 5.91. The van der Waals surface area contributed by atoms with Gasteiger partial charge in [0.15, 0.2) is 0 Å². The van der Waals surface area contributed by atoms with Gasteiger partial charge in [0.2, 0.25) is 0 Å². The Hall–Kier alpha value is -2.94. The molecule has 3 nitrogen and oxygen atoms in total. The molecule has 0 bridgehead atoms. The van der Waals surface area contributed by atoms with Gasteiger partial charge in [0.05, 0.1) is 5.56 Å². The molecule has 0 spiro atoms. The molecule has 0 saturated heterocycles. The van der Waals surface area contributed by atoms with Crippen LogP contribution in [0, 0.1) is 0 Å². The minimum absolute atomic E-state index is 0.362. The van der Waals surface area contributed by atoms with E-state index in [0.29, 0.717) is 11.3 Å². The second-order valence-corrected chi connectivity index (χ2v) is 4.52. The summed E-state index contributed by atoms with van der Waals surface area (Å²) in [6.07, 6.45) is 3.52. The third-order valence-corrected chi connectivity index (χ3v) is 3.07. The molecule has 2 aromatic carbocycles. The van der Waals surface area contributed by atoms with Gasteiger partial charge in [0.25, 0.3) is 0 Å². The van der Waals surface area contributed by atoms with Gasteiger partial charge < -0.3 is 4.74 Å². The molecule has 0 atom stereocenters. The van der Waals surface area contributed by atoms with Gasteiger partial charge in [-0.25, -0.2) is 4.79 Å². The van der Waals surface area contributed by atoms with Crippen molar-refractivity contribution in [3.05, 3.63) is 84.7 Å². The van der Waals surface area contributed by atoms with Gasteiger partial charge in [-0.3, -0.25) is 4.98 Å². The summed E-state index contributed by atoms with van der Waals surface area (Å²) in [5.41, 5.74) is 2.55. The number of hydrogen-bond donors (Lipinski definition) is 0. The van der Waals surface area contributed by atoms with Gasteiger partial charge >= 0.3 is 5.97 Å². The monoisotopic (exact) mass is 275 g/mol. The Morgan fingerprint density at radius 3 is 2.24 bits per heavy atom. The quantitative estimate of drug-likeness (QED) is 0.536. The highest BCUT2D eigenvalue weighted by atomic mass is 16.5. The van der Waals surface area contributed by atoms with Crippen molar-refractivity contribution < 1.29 is 9.53 Å². The van der Waals surface area contributed by atoms with Crippen LogP contribution in [0.3, 0.4) is 0 Å². The molecule has 21 heavy (non-hydrogen) atoms. The Balaban J connectivity index is 1.77. The average molecular weight is 275 g/mol. The Labute approximate surface area is 122 Å². The first-order chi connectivity index (χ1) is 10.3. The van der Waals surface area contributed by atoms with Crippen LogP contribution >= 0.6 is 0 Å². The lowest BCUT2D eigenvalue weighted by Crippen LogP contribution is -2.08. The molecule has 0 amide bonds. The number of ether oxygens (including phenoxy) is 1.